The summed E-state index contributed by atoms with van der Waals surface area (Å²) in [5.41, 5.74) is 1.59. The van der Waals surface area contributed by atoms with Crippen LogP contribution < -0.4 is 5.32 Å². The molecule has 154 valence electrons. The van der Waals surface area contributed by atoms with Crippen LogP contribution in [0.3, 0.4) is 0 Å². The number of ether oxygens (including phenoxy) is 1. The molecular weight excluding hydrogens is 392 g/mol. The number of hydrogen-bond acceptors (Lipinski definition) is 5. The van der Waals surface area contributed by atoms with Crippen molar-refractivity contribution in [1.29, 1.82) is 0 Å². The van der Waals surface area contributed by atoms with Crippen molar-refractivity contribution in [3.63, 3.8) is 0 Å². The van der Waals surface area contributed by atoms with Gasteiger partial charge in [0.2, 0.25) is 5.91 Å². The summed E-state index contributed by atoms with van der Waals surface area (Å²) in [5.74, 6) is -0.0725. The van der Waals surface area contributed by atoms with Crippen LogP contribution in [0, 0.1) is 0 Å². The van der Waals surface area contributed by atoms with E-state index in [0.29, 0.717) is 19.5 Å². The van der Waals surface area contributed by atoms with Crippen molar-refractivity contribution in [2.24, 2.45) is 0 Å². The Morgan fingerprint density at radius 2 is 1.68 bits per heavy atom. The van der Waals surface area contributed by atoms with Gasteiger partial charge in [-0.05, 0) is 72.0 Å². The Morgan fingerprint density at radius 3 is 2.11 bits per heavy atom. The molecule has 0 aliphatic carbocycles. The first-order valence-corrected chi connectivity index (χ1v) is 11.5. The molecule has 0 unspecified atom stereocenters. The molecule has 0 saturated heterocycles. The molecule has 0 saturated carbocycles. The summed E-state index contributed by atoms with van der Waals surface area (Å²) in [6, 6.07) is 3.47. The van der Waals surface area contributed by atoms with E-state index in [1.807, 2.05) is 48.6 Å². The molecule has 28 heavy (non-hydrogen) atoms. The molecule has 0 aromatic carbocycles. The second-order valence-electron chi connectivity index (χ2n) is 7.80. The zero-order valence-electron chi connectivity index (χ0n) is 17.1. The van der Waals surface area contributed by atoms with E-state index in [2.05, 4.69) is 23.0 Å². The second kappa shape index (κ2) is 10.6. The van der Waals surface area contributed by atoms with E-state index in [1.165, 1.54) is 0 Å². The van der Waals surface area contributed by atoms with Gasteiger partial charge < -0.3 is 15.0 Å². The molecule has 2 aromatic heterocycles. The maximum absolute atomic E-state index is 13.4. The zero-order valence-corrected chi connectivity index (χ0v) is 18.7. The lowest BCUT2D eigenvalue weighted by Crippen LogP contribution is -2.49. The number of carbonyl (C=O) groups is 2. The lowest BCUT2D eigenvalue weighted by Gasteiger charge is -2.28. The predicted octanol–water partition coefficient (Wildman–Crippen LogP) is 5.42. The minimum absolute atomic E-state index is 0.0725. The molecule has 2 aromatic rings. The maximum atomic E-state index is 13.4. The quantitative estimate of drug-likeness (QED) is 0.587. The number of alkyl carbamates (subject to hydrolysis) is 1. The van der Waals surface area contributed by atoms with E-state index < -0.39 is 17.7 Å². The van der Waals surface area contributed by atoms with Gasteiger partial charge in [0.1, 0.15) is 11.6 Å². The van der Waals surface area contributed by atoms with Gasteiger partial charge in [-0.15, -0.1) is 0 Å². The first kappa shape index (κ1) is 22.4. The number of hydrogen-bond donors (Lipinski definition) is 1. The van der Waals surface area contributed by atoms with Crippen LogP contribution in [0.2, 0.25) is 0 Å². The van der Waals surface area contributed by atoms with E-state index in [0.717, 1.165) is 24.0 Å². The monoisotopic (exact) mass is 422 g/mol. The molecule has 1 atom stereocenters. The summed E-state index contributed by atoms with van der Waals surface area (Å²) < 4.78 is 5.37. The van der Waals surface area contributed by atoms with Gasteiger partial charge in [-0.3, -0.25) is 4.79 Å². The lowest BCUT2D eigenvalue weighted by molar-refractivity contribution is -0.135. The van der Waals surface area contributed by atoms with Crippen LogP contribution in [0.1, 0.15) is 58.1 Å². The molecule has 2 heterocycles. The number of nitrogens with zero attached hydrogens (tertiary/aromatic N) is 1. The van der Waals surface area contributed by atoms with Crippen molar-refractivity contribution in [2.45, 2.75) is 71.7 Å². The van der Waals surface area contributed by atoms with Crippen LogP contribution in [-0.2, 0) is 22.6 Å². The molecule has 0 fully saturated rings. The van der Waals surface area contributed by atoms with E-state index in [-0.39, 0.29) is 5.91 Å². The molecule has 0 radical (unpaired) electrons. The van der Waals surface area contributed by atoms with Crippen molar-refractivity contribution in [3.05, 3.63) is 44.8 Å². The minimum Gasteiger partial charge on any atom is -0.444 e. The van der Waals surface area contributed by atoms with Gasteiger partial charge in [0.15, 0.2) is 0 Å². The fourth-order valence-corrected chi connectivity index (χ4v) is 4.07. The normalized spacial score (nSPS) is 12.4. The van der Waals surface area contributed by atoms with Crippen LogP contribution in [0.15, 0.2) is 33.7 Å². The molecule has 0 aliphatic rings. The van der Waals surface area contributed by atoms with E-state index in [4.69, 9.17) is 4.74 Å². The smallest absolute Gasteiger partial charge is 0.408 e. The topological polar surface area (TPSA) is 58.6 Å². The number of amides is 2. The molecule has 7 heteroatoms. The molecule has 0 bridgehead atoms. The van der Waals surface area contributed by atoms with E-state index in [1.54, 1.807) is 22.7 Å². The highest BCUT2D eigenvalue weighted by Gasteiger charge is 2.28. The Morgan fingerprint density at radius 1 is 1.11 bits per heavy atom. The second-order valence-corrected chi connectivity index (χ2v) is 9.36. The first-order valence-electron chi connectivity index (χ1n) is 9.59. The fraction of sp³-hybridized carbons (Fsp3) is 0.524. The van der Waals surface area contributed by atoms with Crippen LogP contribution in [0.4, 0.5) is 4.79 Å². The van der Waals surface area contributed by atoms with Gasteiger partial charge in [0.25, 0.3) is 0 Å². The van der Waals surface area contributed by atoms with Gasteiger partial charge >= 0.3 is 6.09 Å². The summed E-state index contributed by atoms with van der Waals surface area (Å²) in [4.78, 5) is 27.5. The third-order valence-corrected chi connectivity index (χ3v) is 5.52. The van der Waals surface area contributed by atoms with E-state index >= 15 is 0 Å². The molecule has 0 spiro atoms. The molecule has 0 aliphatic heterocycles. The molecule has 5 nitrogen and oxygen atoms in total. The van der Waals surface area contributed by atoms with Crippen LogP contribution >= 0.6 is 22.7 Å². The van der Waals surface area contributed by atoms with Gasteiger partial charge in [-0.2, -0.15) is 22.7 Å². The zero-order chi connectivity index (χ0) is 20.6. The van der Waals surface area contributed by atoms with Crippen molar-refractivity contribution in [1.82, 2.24) is 10.2 Å². The molecular formula is C21H30N2O3S2. The summed E-state index contributed by atoms with van der Waals surface area (Å²) in [6.07, 6.45) is 1.86. The number of nitrogens with one attached hydrogen (secondary N) is 1. The summed E-state index contributed by atoms with van der Waals surface area (Å²) >= 11 is 3.23. The maximum Gasteiger partial charge on any atom is 0.408 e. The van der Waals surface area contributed by atoms with Crippen molar-refractivity contribution in [3.8, 4) is 0 Å². The highest BCUT2D eigenvalue weighted by molar-refractivity contribution is 7.08. The lowest BCUT2D eigenvalue weighted by atomic mass is 10.1. The molecule has 2 rings (SSSR count). The highest BCUT2D eigenvalue weighted by atomic mass is 32.1. The number of thiophene rings is 2. The Hall–Kier alpha value is -1.86. The molecule has 1 N–H and O–H groups in total. The fourth-order valence-electron chi connectivity index (χ4n) is 2.75. The summed E-state index contributed by atoms with van der Waals surface area (Å²) in [5, 5.41) is 10.9. The SMILES string of the molecule is CCCC[C@H](NC(=O)OC(C)(C)C)C(=O)N(Cc1ccsc1)Cc1ccsc1. The van der Waals surface area contributed by atoms with Crippen LogP contribution in [0.25, 0.3) is 0 Å². The largest absolute Gasteiger partial charge is 0.444 e. The highest BCUT2D eigenvalue weighted by Crippen LogP contribution is 2.17. The van der Waals surface area contributed by atoms with Gasteiger partial charge in [0, 0.05) is 13.1 Å². The van der Waals surface area contributed by atoms with Crippen LogP contribution in [0.5, 0.6) is 0 Å². The standard InChI is InChI=1S/C21H30N2O3S2/c1-5-6-7-18(22-20(25)26-21(2,3)4)19(24)23(12-16-8-10-27-14-16)13-17-9-11-28-15-17/h8-11,14-15,18H,5-7,12-13H2,1-4H3,(H,22,25)/t18-/m0/s1. The van der Waals surface area contributed by atoms with Gasteiger partial charge in [-0.1, -0.05) is 19.8 Å². The molecule has 2 amide bonds. The first-order chi connectivity index (χ1) is 13.3. The van der Waals surface area contributed by atoms with E-state index in [9.17, 15) is 9.59 Å². The number of rotatable bonds is 9. The Bertz CT molecular complexity index is 685. The van der Waals surface area contributed by atoms with Crippen molar-refractivity contribution < 1.29 is 14.3 Å². The summed E-state index contributed by atoms with van der Waals surface area (Å²) in [7, 11) is 0. The average molecular weight is 423 g/mol. The predicted molar refractivity (Wildman–Crippen MR) is 116 cm³/mol. The third-order valence-electron chi connectivity index (χ3n) is 4.05. The third kappa shape index (κ3) is 7.64. The number of carbonyl (C=O) groups excluding carboxylic acids is 2. The van der Waals surface area contributed by atoms with Gasteiger partial charge in [-0.25, -0.2) is 4.79 Å². The average Bonchev–Trinajstić information content (AvgIpc) is 3.29. The summed E-state index contributed by atoms with van der Waals surface area (Å²) in [6.45, 7) is 8.57. The van der Waals surface area contributed by atoms with Crippen molar-refractivity contribution >= 4 is 34.7 Å². The Kier molecular flexibility index (Phi) is 8.51. The number of unbranched alkanes of at least 4 members (excludes halogenated alkanes) is 1. The Balaban J connectivity index is 2.15. The van der Waals surface area contributed by atoms with Crippen LogP contribution in [-0.4, -0.2) is 28.5 Å². The Labute approximate surface area is 175 Å². The van der Waals surface area contributed by atoms with Gasteiger partial charge in [0.05, 0.1) is 0 Å². The van der Waals surface area contributed by atoms with Crippen molar-refractivity contribution in [2.75, 3.05) is 0 Å². The minimum atomic E-state index is -0.602.